The van der Waals surface area contributed by atoms with Crippen LogP contribution >= 0.6 is 0 Å². The fourth-order valence-corrected chi connectivity index (χ4v) is 2.31. The largest absolute Gasteiger partial charge is 0.356 e. The second kappa shape index (κ2) is 5.67. The Bertz CT molecular complexity index is 707. The number of hydrogen-bond donors (Lipinski definition) is 3. The number of primary sulfonamides is 1. The van der Waals surface area contributed by atoms with Crippen LogP contribution in [0.25, 0.3) is 0 Å². The van der Waals surface area contributed by atoms with Gasteiger partial charge in [0.25, 0.3) is 5.91 Å². The third-order valence-corrected chi connectivity index (χ3v) is 3.99. The van der Waals surface area contributed by atoms with E-state index in [4.69, 9.17) is 11.6 Å². The van der Waals surface area contributed by atoms with Crippen LogP contribution in [-0.2, 0) is 10.0 Å². The van der Waals surface area contributed by atoms with Crippen molar-refractivity contribution in [2.24, 2.45) is 15.4 Å². The van der Waals surface area contributed by atoms with Gasteiger partial charge in [-0.2, -0.15) is 10.2 Å². The zero-order valence-corrected chi connectivity index (χ0v) is 12.0. The van der Waals surface area contributed by atoms with Gasteiger partial charge >= 0.3 is 0 Å². The zero-order chi connectivity index (χ0) is 15.5. The summed E-state index contributed by atoms with van der Waals surface area (Å²) in [6.07, 6.45) is 8.16. The lowest BCUT2D eigenvalue weighted by Crippen LogP contribution is -2.28. The summed E-state index contributed by atoms with van der Waals surface area (Å²) in [6, 6.07) is 1.19. The zero-order valence-electron chi connectivity index (χ0n) is 11.2. The van der Waals surface area contributed by atoms with Crippen molar-refractivity contribution < 1.29 is 13.2 Å². The standard InChI is InChI=1S/C12H15N5O3S/c1-2-3-4-12(16-17-12)5-6-14-11(18)10-7-9(8-15-10)21(13,19)20/h1,7-8,15H,3-6H2,(H,14,18)(H2,13,19,20). The summed E-state index contributed by atoms with van der Waals surface area (Å²) in [5.41, 5.74) is -0.331. The van der Waals surface area contributed by atoms with Crippen LogP contribution in [0, 0.1) is 12.3 Å². The average molecular weight is 309 g/mol. The van der Waals surface area contributed by atoms with Crippen LogP contribution in [0.5, 0.6) is 0 Å². The molecular formula is C12H15N5O3S. The maximum atomic E-state index is 11.8. The maximum Gasteiger partial charge on any atom is 0.267 e. The summed E-state index contributed by atoms with van der Waals surface area (Å²) in [5.74, 6) is 2.11. The predicted octanol–water partition coefficient (Wildman–Crippen LogP) is 0.358. The normalized spacial score (nSPS) is 15.4. The number of terminal acetylenes is 1. The number of carbonyl (C=O) groups excluding carboxylic acids is 1. The van der Waals surface area contributed by atoms with Crippen molar-refractivity contribution in [2.75, 3.05) is 6.54 Å². The van der Waals surface area contributed by atoms with E-state index in [1.807, 2.05) is 0 Å². The van der Waals surface area contributed by atoms with Gasteiger partial charge in [0.15, 0.2) is 5.66 Å². The fraction of sp³-hybridized carbons (Fsp3) is 0.417. The molecule has 112 valence electrons. The number of H-pyrrole nitrogens is 1. The Morgan fingerprint density at radius 2 is 2.19 bits per heavy atom. The Hall–Kier alpha value is -2.18. The average Bonchev–Trinajstić information content (AvgIpc) is 2.99. The lowest BCUT2D eigenvalue weighted by molar-refractivity contribution is 0.0947. The van der Waals surface area contributed by atoms with Gasteiger partial charge in [-0.25, -0.2) is 13.6 Å². The quantitative estimate of drug-likeness (QED) is 0.628. The molecule has 0 atom stereocenters. The number of nitrogens with two attached hydrogens (primary N) is 1. The van der Waals surface area contributed by atoms with E-state index in [0.29, 0.717) is 25.8 Å². The van der Waals surface area contributed by atoms with E-state index in [1.165, 1.54) is 12.3 Å². The fourth-order valence-electron chi connectivity index (χ4n) is 1.81. The summed E-state index contributed by atoms with van der Waals surface area (Å²) in [6.45, 7) is 0.361. The van der Waals surface area contributed by atoms with Crippen LogP contribution in [0.3, 0.4) is 0 Å². The lowest BCUT2D eigenvalue weighted by atomic mass is 10.0. The van der Waals surface area contributed by atoms with E-state index >= 15 is 0 Å². The maximum absolute atomic E-state index is 11.8. The van der Waals surface area contributed by atoms with E-state index in [0.717, 1.165) is 0 Å². The second-order valence-corrected chi connectivity index (χ2v) is 6.25. The Labute approximate surface area is 122 Å². The summed E-state index contributed by atoms with van der Waals surface area (Å²) in [5, 5.41) is 15.5. The van der Waals surface area contributed by atoms with Crippen molar-refractivity contribution in [3.05, 3.63) is 18.0 Å². The molecule has 0 fully saturated rings. The monoisotopic (exact) mass is 309 g/mol. The van der Waals surface area contributed by atoms with E-state index < -0.39 is 21.6 Å². The molecule has 0 aliphatic carbocycles. The highest BCUT2D eigenvalue weighted by atomic mass is 32.2. The number of nitrogens with zero attached hydrogens (tertiary/aromatic N) is 2. The Kier molecular flexibility index (Phi) is 4.11. The van der Waals surface area contributed by atoms with Crippen molar-refractivity contribution >= 4 is 15.9 Å². The molecule has 1 aromatic rings. The van der Waals surface area contributed by atoms with Crippen molar-refractivity contribution in [1.29, 1.82) is 0 Å². The topological polar surface area (TPSA) is 130 Å². The number of carbonyl (C=O) groups is 1. The highest BCUT2D eigenvalue weighted by Gasteiger charge is 2.38. The molecule has 2 rings (SSSR count). The summed E-state index contributed by atoms with van der Waals surface area (Å²) in [7, 11) is -3.82. The van der Waals surface area contributed by atoms with Crippen molar-refractivity contribution in [2.45, 2.75) is 29.8 Å². The molecule has 0 saturated carbocycles. The Morgan fingerprint density at radius 1 is 1.48 bits per heavy atom. The molecule has 0 unspecified atom stereocenters. The molecule has 0 bridgehead atoms. The molecule has 21 heavy (non-hydrogen) atoms. The van der Waals surface area contributed by atoms with Crippen molar-refractivity contribution in [1.82, 2.24) is 10.3 Å². The van der Waals surface area contributed by atoms with Crippen LogP contribution in [0.2, 0.25) is 0 Å². The third-order valence-electron chi connectivity index (χ3n) is 3.09. The molecule has 0 aromatic carbocycles. The minimum Gasteiger partial charge on any atom is -0.356 e. The van der Waals surface area contributed by atoms with Crippen LogP contribution in [-0.4, -0.2) is 31.5 Å². The Morgan fingerprint density at radius 3 is 2.71 bits per heavy atom. The Balaban J connectivity index is 1.83. The number of aromatic amines is 1. The van der Waals surface area contributed by atoms with Crippen LogP contribution < -0.4 is 10.5 Å². The second-order valence-electron chi connectivity index (χ2n) is 4.69. The van der Waals surface area contributed by atoms with Gasteiger partial charge < -0.3 is 10.3 Å². The number of amides is 1. The number of rotatable bonds is 7. The van der Waals surface area contributed by atoms with Crippen LogP contribution in [0.4, 0.5) is 0 Å². The highest BCUT2D eigenvalue weighted by Crippen LogP contribution is 2.35. The van der Waals surface area contributed by atoms with Gasteiger partial charge in [0, 0.05) is 32.0 Å². The molecule has 9 heteroatoms. The van der Waals surface area contributed by atoms with Gasteiger partial charge in [0.2, 0.25) is 10.0 Å². The summed E-state index contributed by atoms with van der Waals surface area (Å²) < 4.78 is 22.2. The van der Waals surface area contributed by atoms with E-state index in [2.05, 4.69) is 26.4 Å². The van der Waals surface area contributed by atoms with Gasteiger partial charge in [0.05, 0.1) is 4.90 Å². The van der Waals surface area contributed by atoms with Gasteiger partial charge in [-0.3, -0.25) is 4.79 Å². The molecule has 4 N–H and O–H groups in total. The highest BCUT2D eigenvalue weighted by molar-refractivity contribution is 7.89. The van der Waals surface area contributed by atoms with Gasteiger partial charge in [0.1, 0.15) is 5.69 Å². The first-order valence-electron chi connectivity index (χ1n) is 6.23. The first-order chi connectivity index (χ1) is 9.86. The minimum absolute atomic E-state index is 0.126. The molecule has 0 radical (unpaired) electrons. The lowest BCUT2D eigenvalue weighted by Gasteiger charge is -2.09. The van der Waals surface area contributed by atoms with Crippen molar-refractivity contribution in [3.8, 4) is 12.3 Å². The molecule has 1 amide bonds. The predicted molar refractivity (Wildman–Crippen MR) is 74.8 cm³/mol. The molecule has 1 aliphatic rings. The first-order valence-corrected chi connectivity index (χ1v) is 7.78. The van der Waals surface area contributed by atoms with E-state index in [-0.39, 0.29) is 10.6 Å². The molecule has 1 aromatic heterocycles. The van der Waals surface area contributed by atoms with Crippen molar-refractivity contribution in [3.63, 3.8) is 0 Å². The smallest absolute Gasteiger partial charge is 0.267 e. The van der Waals surface area contributed by atoms with E-state index in [9.17, 15) is 13.2 Å². The minimum atomic E-state index is -3.82. The summed E-state index contributed by atoms with van der Waals surface area (Å²) in [4.78, 5) is 14.3. The van der Waals surface area contributed by atoms with Crippen LogP contribution in [0.15, 0.2) is 27.4 Å². The number of hydrogen-bond acceptors (Lipinski definition) is 5. The molecule has 0 spiro atoms. The van der Waals surface area contributed by atoms with Gasteiger partial charge in [-0.1, -0.05) is 0 Å². The number of sulfonamides is 1. The SMILES string of the molecule is C#CCCC1(CCNC(=O)c2cc(S(N)(=O)=O)c[nH]2)N=N1. The number of aromatic nitrogens is 1. The van der Waals surface area contributed by atoms with Gasteiger partial charge in [-0.15, -0.1) is 12.3 Å². The molecule has 8 nitrogen and oxygen atoms in total. The first kappa shape index (κ1) is 15.2. The third kappa shape index (κ3) is 3.90. The molecule has 0 saturated heterocycles. The van der Waals surface area contributed by atoms with Gasteiger partial charge in [-0.05, 0) is 6.07 Å². The number of nitrogens with one attached hydrogen (secondary N) is 2. The molecule has 1 aliphatic heterocycles. The van der Waals surface area contributed by atoms with E-state index in [1.54, 1.807) is 0 Å². The summed E-state index contributed by atoms with van der Waals surface area (Å²) >= 11 is 0. The molecular weight excluding hydrogens is 294 g/mol. The molecule has 2 heterocycles. The van der Waals surface area contributed by atoms with Crippen LogP contribution in [0.1, 0.15) is 29.8 Å².